The smallest absolute Gasteiger partial charge is 0.264 e. The van der Waals surface area contributed by atoms with E-state index in [0.717, 1.165) is 12.1 Å². The first-order valence-electron chi connectivity index (χ1n) is 7.12. The van der Waals surface area contributed by atoms with Gasteiger partial charge in [-0.2, -0.15) is 0 Å². The fourth-order valence-electron chi connectivity index (χ4n) is 2.21. The summed E-state index contributed by atoms with van der Waals surface area (Å²) in [6.45, 7) is 2.19. The number of amides is 1. The predicted molar refractivity (Wildman–Crippen MR) is 79.6 cm³/mol. The molecule has 0 spiro atoms. The molecular formula is C15H17N3O4. The van der Waals surface area contributed by atoms with Gasteiger partial charge < -0.3 is 19.3 Å². The number of methoxy groups -OCH3 is 1. The van der Waals surface area contributed by atoms with E-state index in [4.69, 9.17) is 14.0 Å². The summed E-state index contributed by atoms with van der Waals surface area (Å²) in [4.78, 5) is 21.4. The van der Waals surface area contributed by atoms with Gasteiger partial charge in [0.2, 0.25) is 12.0 Å². The first-order valence-corrected chi connectivity index (χ1v) is 7.12. The van der Waals surface area contributed by atoms with Crippen LogP contribution in [0, 0.1) is 0 Å². The lowest BCUT2D eigenvalue weighted by Crippen LogP contribution is -2.34. The third-order valence-corrected chi connectivity index (χ3v) is 3.48. The van der Waals surface area contributed by atoms with Gasteiger partial charge in [0.15, 0.2) is 5.58 Å². The lowest BCUT2D eigenvalue weighted by atomic mass is 10.1. The predicted octanol–water partition coefficient (Wildman–Crippen LogP) is 2.01. The Labute approximate surface area is 127 Å². The number of oxazole rings is 1. The Hall–Kier alpha value is -2.57. The molecule has 2 aromatic rings. The molecule has 1 amide bonds. The molecule has 1 aliphatic heterocycles. The van der Waals surface area contributed by atoms with E-state index < -0.39 is 6.10 Å². The Kier molecular flexibility index (Phi) is 3.95. The second kappa shape index (κ2) is 6.05. The largest absolute Gasteiger partial charge is 0.497 e. The van der Waals surface area contributed by atoms with Crippen LogP contribution in [0.1, 0.15) is 25.7 Å². The molecule has 2 heterocycles. The van der Waals surface area contributed by atoms with E-state index in [9.17, 15) is 4.79 Å². The second-order valence-electron chi connectivity index (χ2n) is 4.97. The molecule has 116 valence electrons. The van der Waals surface area contributed by atoms with Gasteiger partial charge in [-0.1, -0.05) is 12.1 Å². The molecule has 1 aromatic carbocycles. The van der Waals surface area contributed by atoms with Crippen molar-refractivity contribution in [3.63, 3.8) is 0 Å². The van der Waals surface area contributed by atoms with Gasteiger partial charge in [-0.3, -0.25) is 4.79 Å². The molecule has 22 heavy (non-hydrogen) atoms. The van der Waals surface area contributed by atoms with Gasteiger partial charge in [-0.15, -0.1) is 0 Å². The number of fused-ring (bicyclic) bond motifs is 1. The number of oxime groups is 1. The third-order valence-electron chi connectivity index (χ3n) is 3.48. The summed E-state index contributed by atoms with van der Waals surface area (Å²) < 4.78 is 10.7. The van der Waals surface area contributed by atoms with Crippen LogP contribution >= 0.6 is 0 Å². The van der Waals surface area contributed by atoms with Gasteiger partial charge in [0.25, 0.3) is 5.91 Å². The van der Waals surface area contributed by atoms with Crippen LogP contribution < -0.4 is 10.1 Å². The molecule has 0 fully saturated rings. The van der Waals surface area contributed by atoms with Crippen LogP contribution in [0.15, 0.2) is 27.8 Å². The number of carbonyl (C=O) groups excluding carboxylic acids is 1. The zero-order chi connectivity index (χ0) is 15.5. The summed E-state index contributed by atoms with van der Waals surface area (Å²) in [5.74, 6) is 0.929. The van der Waals surface area contributed by atoms with E-state index >= 15 is 0 Å². The van der Waals surface area contributed by atoms with Gasteiger partial charge in [0, 0.05) is 12.5 Å². The van der Waals surface area contributed by atoms with Crippen LogP contribution in [0.25, 0.3) is 11.1 Å². The minimum atomic E-state index is -0.556. The Morgan fingerprint density at radius 3 is 3.09 bits per heavy atom. The number of nitrogens with zero attached hydrogens (tertiary/aromatic N) is 2. The number of aromatic nitrogens is 1. The maximum Gasteiger partial charge on any atom is 0.264 e. The molecule has 0 bridgehead atoms. The highest BCUT2D eigenvalue weighted by atomic mass is 16.6. The topological polar surface area (TPSA) is 86.0 Å². The van der Waals surface area contributed by atoms with E-state index in [1.165, 1.54) is 0 Å². The molecule has 3 rings (SSSR count). The van der Waals surface area contributed by atoms with Crippen LogP contribution in [0.2, 0.25) is 0 Å². The minimum Gasteiger partial charge on any atom is -0.497 e. The average molecular weight is 303 g/mol. The van der Waals surface area contributed by atoms with Crippen LogP contribution in [-0.4, -0.2) is 29.8 Å². The van der Waals surface area contributed by atoms with E-state index in [-0.39, 0.29) is 12.5 Å². The van der Waals surface area contributed by atoms with E-state index in [0.29, 0.717) is 29.2 Å². The Bertz CT molecular complexity index is 723. The third kappa shape index (κ3) is 2.88. The molecule has 1 unspecified atom stereocenters. The van der Waals surface area contributed by atoms with Gasteiger partial charge in [0.1, 0.15) is 11.3 Å². The maximum atomic E-state index is 12.0. The van der Waals surface area contributed by atoms with Crippen molar-refractivity contribution in [1.29, 1.82) is 0 Å². The first-order chi connectivity index (χ1) is 10.7. The number of carbonyl (C=O) groups is 1. The standard InChI is InChI=1S/C15H17N3O4/c1-3-9-6-13(22-18-9)15(19)16-8-14-17-11-7-10(20-2)4-5-12(11)21-14/h4-5,7,13H,3,6,8H2,1-2H3,(H,16,19). The van der Waals surface area contributed by atoms with Crippen molar-refractivity contribution >= 4 is 22.7 Å². The fraction of sp³-hybridized carbons (Fsp3) is 0.400. The van der Waals surface area contributed by atoms with Crippen molar-refractivity contribution in [2.24, 2.45) is 5.16 Å². The number of benzene rings is 1. The van der Waals surface area contributed by atoms with Crippen LogP contribution in [-0.2, 0) is 16.2 Å². The van der Waals surface area contributed by atoms with Gasteiger partial charge in [-0.25, -0.2) is 4.98 Å². The van der Waals surface area contributed by atoms with Crippen LogP contribution in [0.5, 0.6) is 5.75 Å². The summed E-state index contributed by atoms with van der Waals surface area (Å²) in [5, 5.41) is 6.62. The summed E-state index contributed by atoms with van der Waals surface area (Å²) in [6, 6.07) is 5.37. The zero-order valence-corrected chi connectivity index (χ0v) is 12.5. The van der Waals surface area contributed by atoms with Gasteiger partial charge in [0.05, 0.1) is 19.4 Å². The Morgan fingerprint density at radius 1 is 1.50 bits per heavy atom. The minimum absolute atomic E-state index is 0.206. The lowest BCUT2D eigenvalue weighted by molar-refractivity contribution is -0.131. The van der Waals surface area contributed by atoms with E-state index in [1.54, 1.807) is 25.3 Å². The summed E-state index contributed by atoms with van der Waals surface area (Å²) in [5.41, 5.74) is 2.24. The zero-order valence-electron chi connectivity index (χ0n) is 12.5. The normalized spacial score (nSPS) is 17.2. The molecule has 7 nitrogen and oxygen atoms in total. The second-order valence-corrected chi connectivity index (χ2v) is 4.97. The van der Waals surface area contributed by atoms with Crippen molar-refractivity contribution in [2.75, 3.05) is 7.11 Å². The molecule has 7 heteroatoms. The van der Waals surface area contributed by atoms with Crippen LogP contribution in [0.4, 0.5) is 0 Å². The molecule has 0 radical (unpaired) electrons. The highest BCUT2D eigenvalue weighted by Gasteiger charge is 2.27. The molecule has 0 saturated carbocycles. The van der Waals surface area contributed by atoms with Crippen molar-refractivity contribution < 1.29 is 18.8 Å². The maximum absolute atomic E-state index is 12.0. The first kappa shape index (κ1) is 14.4. The van der Waals surface area contributed by atoms with Gasteiger partial charge in [-0.05, 0) is 18.6 Å². The number of nitrogens with one attached hydrogen (secondary N) is 1. The quantitative estimate of drug-likeness (QED) is 0.913. The molecule has 1 N–H and O–H groups in total. The van der Waals surface area contributed by atoms with Crippen molar-refractivity contribution in [3.05, 3.63) is 24.1 Å². The van der Waals surface area contributed by atoms with Gasteiger partial charge >= 0.3 is 0 Å². The van der Waals surface area contributed by atoms with E-state index in [2.05, 4.69) is 15.5 Å². The SMILES string of the molecule is CCC1=NOC(C(=O)NCc2nc3cc(OC)ccc3o2)C1. The lowest BCUT2D eigenvalue weighted by Gasteiger charge is -2.07. The molecule has 0 saturated heterocycles. The summed E-state index contributed by atoms with van der Waals surface area (Å²) in [6.07, 6.45) is 0.767. The number of rotatable bonds is 5. The molecular weight excluding hydrogens is 286 g/mol. The molecule has 1 atom stereocenters. The number of hydrogen-bond acceptors (Lipinski definition) is 6. The highest BCUT2D eigenvalue weighted by Crippen LogP contribution is 2.21. The molecule has 1 aliphatic rings. The Morgan fingerprint density at radius 2 is 2.36 bits per heavy atom. The molecule has 1 aromatic heterocycles. The Balaban J connectivity index is 1.61. The average Bonchev–Trinajstić information content (AvgIpc) is 3.17. The van der Waals surface area contributed by atoms with Crippen molar-refractivity contribution in [3.8, 4) is 5.75 Å². The van der Waals surface area contributed by atoms with Crippen molar-refractivity contribution in [2.45, 2.75) is 32.4 Å². The highest BCUT2D eigenvalue weighted by molar-refractivity contribution is 5.92. The summed E-state index contributed by atoms with van der Waals surface area (Å²) in [7, 11) is 1.59. The van der Waals surface area contributed by atoms with Crippen molar-refractivity contribution in [1.82, 2.24) is 10.3 Å². The van der Waals surface area contributed by atoms with Crippen LogP contribution in [0.3, 0.4) is 0 Å². The number of ether oxygens (including phenoxy) is 1. The number of hydrogen-bond donors (Lipinski definition) is 1. The monoisotopic (exact) mass is 303 g/mol. The van der Waals surface area contributed by atoms with E-state index in [1.807, 2.05) is 6.92 Å². The molecule has 0 aliphatic carbocycles. The summed E-state index contributed by atoms with van der Waals surface area (Å²) >= 11 is 0. The fourth-order valence-corrected chi connectivity index (χ4v) is 2.21.